The van der Waals surface area contributed by atoms with Crippen molar-refractivity contribution in [3.05, 3.63) is 23.8 Å². The first-order chi connectivity index (χ1) is 13.1. The Morgan fingerprint density at radius 3 is 2.52 bits per heavy atom. The molecule has 0 unspecified atom stereocenters. The van der Waals surface area contributed by atoms with Crippen molar-refractivity contribution in [3.8, 4) is 11.5 Å². The molecule has 2 aliphatic rings. The third kappa shape index (κ3) is 5.13. The van der Waals surface area contributed by atoms with Gasteiger partial charge in [-0.2, -0.15) is 0 Å². The van der Waals surface area contributed by atoms with Gasteiger partial charge in [0.1, 0.15) is 17.6 Å². The van der Waals surface area contributed by atoms with Crippen LogP contribution in [-0.2, 0) is 9.53 Å². The zero-order valence-electron chi connectivity index (χ0n) is 16.0. The molecule has 3 rings (SSSR count). The van der Waals surface area contributed by atoms with Crippen LogP contribution in [0.1, 0.15) is 36.0 Å². The molecule has 0 spiro atoms. The zero-order valence-corrected chi connectivity index (χ0v) is 16.0. The van der Waals surface area contributed by atoms with E-state index in [1.165, 1.54) is 0 Å². The second kappa shape index (κ2) is 9.08. The first-order valence-electron chi connectivity index (χ1n) is 9.53. The molecule has 0 aromatic heterocycles. The number of carbonyl (C=O) groups is 2. The van der Waals surface area contributed by atoms with E-state index >= 15 is 0 Å². The van der Waals surface area contributed by atoms with Gasteiger partial charge in [-0.15, -0.1) is 0 Å². The lowest BCUT2D eigenvalue weighted by Gasteiger charge is -2.32. The molecule has 1 aromatic carbocycles. The van der Waals surface area contributed by atoms with Crippen molar-refractivity contribution in [1.82, 2.24) is 10.2 Å². The van der Waals surface area contributed by atoms with Gasteiger partial charge in [-0.1, -0.05) is 0 Å². The first-order valence-corrected chi connectivity index (χ1v) is 9.53. The molecule has 27 heavy (non-hydrogen) atoms. The van der Waals surface area contributed by atoms with E-state index in [-0.39, 0.29) is 23.8 Å². The molecule has 1 N–H and O–H groups in total. The van der Waals surface area contributed by atoms with Gasteiger partial charge in [-0.25, -0.2) is 0 Å². The summed E-state index contributed by atoms with van der Waals surface area (Å²) in [5.41, 5.74) is 0.475. The van der Waals surface area contributed by atoms with Gasteiger partial charge in [0.15, 0.2) is 0 Å². The van der Waals surface area contributed by atoms with Crippen LogP contribution in [0.4, 0.5) is 0 Å². The molecule has 1 saturated heterocycles. The minimum atomic E-state index is -0.203. The van der Waals surface area contributed by atoms with Gasteiger partial charge in [-0.05, 0) is 25.0 Å². The average Bonchev–Trinajstić information content (AvgIpc) is 3.53. The Labute approximate surface area is 160 Å². The average molecular weight is 376 g/mol. The Kier molecular flexibility index (Phi) is 6.55. The topological polar surface area (TPSA) is 77.1 Å². The van der Waals surface area contributed by atoms with Crippen molar-refractivity contribution in [2.24, 2.45) is 5.92 Å². The lowest BCUT2D eigenvalue weighted by Crippen LogP contribution is -2.42. The van der Waals surface area contributed by atoms with Crippen molar-refractivity contribution in [2.45, 2.75) is 31.8 Å². The maximum Gasteiger partial charge on any atom is 0.255 e. The molecule has 1 saturated carbocycles. The van der Waals surface area contributed by atoms with Crippen molar-refractivity contribution in [1.29, 1.82) is 0 Å². The number of ether oxygens (including phenoxy) is 3. The quantitative estimate of drug-likeness (QED) is 0.701. The van der Waals surface area contributed by atoms with E-state index in [0.29, 0.717) is 43.3 Å². The highest BCUT2D eigenvalue weighted by Crippen LogP contribution is 2.33. The van der Waals surface area contributed by atoms with Crippen LogP contribution in [0.5, 0.6) is 11.5 Å². The van der Waals surface area contributed by atoms with Crippen molar-refractivity contribution < 1.29 is 23.8 Å². The SMILES string of the molecule is COCCNC(=O)c1ccc(OC)cc1OC1CCN(C(=O)C2CC2)CC1. The van der Waals surface area contributed by atoms with Crippen LogP contribution >= 0.6 is 0 Å². The molecule has 7 nitrogen and oxygen atoms in total. The Hall–Kier alpha value is -2.28. The van der Waals surface area contributed by atoms with Crippen molar-refractivity contribution in [3.63, 3.8) is 0 Å². The van der Waals surface area contributed by atoms with E-state index in [1.54, 1.807) is 32.4 Å². The number of carbonyl (C=O) groups excluding carboxylic acids is 2. The van der Waals surface area contributed by atoms with E-state index in [4.69, 9.17) is 14.2 Å². The van der Waals surface area contributed by atoms with Crippen LogP contribution in [-0.4, -0.2) is 63.3 Å². The Morgan fingerprint density at radius 1 is 1.15 bits per heavy atom. The molecule has 148 valence electrons. The molecule has 1 aromatic rings. The maximum atomic E-state index is 12.5. The predicted molar refractivity (Wildman–Crippen MR) is 100 cm³/mol. The van der Waals surface area contributed by atoms with E-state index in [0.717, 1.165) is 25.7 Å². The molecule has 0 bridgehead atoms. The normalized spacial score (nSPS) is 17.5. The number of methoxy groups -OCH3 is 2. The smallest absolute Gasteiger partial charge is 0.255 e. The van der Waals surface area contributed by atoms with Gasteiger partial charge in [0.25, 0.3) is 5.91 Å². The summed E-state index contributed by atoms with van der Waals surface area (Å²) >= 11 is 0. The largest absolute Gasteiger partial charge is 0.497 e. The summed E-state index contributed by atoms with van der Waals surface area (Å²) in [6.45, 7) is 2.30. The summed E-state index contributed by atoms with van der Waals surface area (Å²) < 4.78 is 16.4. The van der Waals surface area contributed by atoms with Crippen LogP contribution < -0.4 is 14.8 Å². The molecule has 0 atom stereocenters. The van der Waals surface area contributed by atoms with E-state index in [2.05, 4.69) is 5.32 Å². The molecule has 1 aliphatic carbocycles. The molecule has 7 heteroatoms. The van der Waals surface area contributed by atoms with Gasteiger partial charge in [0, 0.05) is 51.6 Å². The van der Waals surface area contributed by atoms with Crippen molar-refractivity contribution >= 4 is 11.8 Å². The first kappa shape index (κ1) is 19.5. The van der Waals surface area contributed by atoms with Crippen LogP contribution in [0, 0.1) is 5.92 Å². The van der Waals surface area contributed by atoms with Crippen LogP contribution in [0.25, 0.3) is 0 Å². The summed E-state index contributed by atoms with van der Waals surface area (Å²) in [6, 6.07) is 5.20. The van der Waals surface area contributed by atoms with Crippen LogP contribution in [0.15, 0.2) is 18.2 Å². The number of nitrogens with one attached hydrogen (secondary N) is 1. The molecule has 1 heterocycles. The Morgan fingerprint density at radius 2 is 1.89 bits per heavy atom. The third-order valence-electron chi connectivity index (χ3n) is 5.00. The number of amides is 2. The van der Waals surface area contributed by atoms with Crippen LogP contribution in [0.2, 0.25) is 0 Å². The van der Waals surface area contributed by atoms with Gasteiger partial charge < -0.3 is 24.4 Å². The lowest BCUT2D eigenvalue weighted by atomic mass is 10.1. The minimum absolute atomic E-state index is 0.0223. The molecule has 2 amide bonds. The third-order valence-corrected chi connectivity index (χ3v) is 5.00. The fourth-order valence-electron chi connectivity index (χ4n) is 3.24. The second-order valence-electron chi connectivity index (χ2n) is 7.03. The number of rotatable bonds is 8. The number of benzene rings is 1. The van der Waals surface area contributed by atoms with E-state index < -0.39 is 0 Å². The van der Waals surface area contributed by atoms with Crippen LogP contribution in [0.3, 0.4) is 0 Å². The second-order valence-corrected chi connectivity index (χ2v) is 7.03. The van der Waals surface area contributed by atoms with Gasteiger partial charge >= 0.3 is 0 Å². The molecular formula is C20H28N2O5. The fourth-order valence-corrected chi connectivity index (χ4v) is 3.24. The van der Waals surface area contributed by atoms with E-state index in [1.807, 2.05) is 4.90 Å². The van der Waals surface area contributed by atoms with Gasteiger partial charge in [-0.3, -0.25) is 9.59 Å². The molecule has 1 aliphatic heterocycles. The summed E-state index contributed by atoms with van der Waals surface area (Å²) in [5, 5.41) is 2.82. The number of hydrogen-bond donors (Lipinski definition) is 1. The summed E-state index contributed by atoms with van der Waals surface area (Å²) in [4.78, 5) is 26.6. The number of piperidine rings is 1. The summed E-state index contributed by atoms with van der Waals surface area (Å²) in [6.07, 6.45) is 3.56. The summed E-state index contributed by atoms with van der Waals surface area (Å²) in [7, 11) is 3.17. The Bertz CT molecular complexity index is 666. The highest BCUT2D eigenvalue weighted by Gasteiger charge is 2.35. The predicted octanol–water partition coefficient (Wildman–Crippen LogP) is 1.85. The number of hydrogen-bond acceptors (Lipinski definition) is 5. The minimum Gasteiger partial charge on any atom is -0.497 e. The number of nitrogens with zero attached hydrogens (tertiary/aromatic N) is 1. The Balaban J connectivity index is 1.62. The van der Waals surface area contributed by atoms with Crippen molar-refractivity contribution in [2.75, 3.05) is 40.5 Å². The molecule has 2 fully saturated rings. The molecule has 0 radical (unpaired) electrons. The standard InChI is InChI=1S/C20H28N2O5/c1-25-12-9-21-19(23)17-6-5-16(26-2)13-18(17)27-15-7-10-22(11-8-15)20(24)14-3-4-14/h5-6,13-15H,3-4,7-12H2,1-2H3,(H,21,23). The van der Waals surface area contributed by atoms with Gasteiger partial charge in [0.2, 0.25) is 5.91 Å². The summed E-state index contributed by atoms with van der Waals surface area (Å²) in [5.74, 6) is 1.48. The van der Waals surface area contributed by atoms with E-state index in [9.17, 15) is 9.59 Å². The molecular weight excluding hydrogens is 348 g/mol. The monoisotopic (exact) mass is 376 g/mol. The zero-order chi connectivity index (χ0) is 19.2. The fraction of sp³-hybridized carbons (Fsp3) is 0.600. The maximum absolute atomic E-state index is 12.5. The number of likely N-dealkylation sites (tertiary alicyclic amines) is 1. The lowest BCUT2D eigenvalue weighted by molar-refractivity contribution is -0.134. The van der Waals surface area contributed by atoms with Gasteiger partial charge in [0.05, 0.1) is 19.3 Å². The highest BCUT2D eigenvalue weighted by atomic mass is 16.5. The highest BCUT2D eigenvalue weighted by molar-refractivity contribution is 5.97.